The van der Waals surface area contributed by atoms with E-state index in [0.717, 1.165) is 18.6 Å². The number of carbonyl (C=O) groups excluding carboxylic acids is 1. The molecule has 90 valence electrons. The maximum atomic E-state index is 10.6. The Bertz CT molecular complexity index is 142. The highest BCUT2D eigenvalue weighted by molar-refractivity contribution is 5.52. The Morgan fingerprint density at radius 2 is 1.73 bits per heavy atom. The van der Waals surface area contributed by atoms with Gasteiger partial charge in [-0.05, 0) is 12.3 Å². The summed E-state index contributed by atoms with van der Waals surface area (Å²) in [7, 11) is 0. The largest absolute Gasteiger partial charge is 0.303 e. The molecule has 0 saturated heterocycles. The summed E-state index contributed by atoms with van der Waals surface area (Å²) in [6, 6.07) is 0. The maximum absolute atomic E-state index is 10.6. The van der Waals surface area contributed by atoms with Crippen molar-refractivity contribution < 1.29 is 4.79 Å². The number of aldehydes is 1. The van der Waals surface area contributed by atoms with Crippen molar-refractivity contribution >= 4 is 6.29 Å². The van der Waals surface area contributed by atoms with E-state index in [4.69, 9.17) is 0 Å². The second-order valence-electron chi connectivity index (χ2n) is 4.85. The van der Waals surface area contributed by atoms with Crippen molar-refractivity contribution in [1.29, 1.82) is 0 Å². The molecule has 0 bridgehead atoms. The summed E-state index contributed by atoms with van der Waals surface area (Å²) in [6.07, 6.45) is 11.5. The molecule has 0 aliphatic heterocycles. The van der Waals surface area contributed by atoms with Crippen LogP contribution >= 0.6 is 0 Å². The van der Waals surface area contributed by atoms with Gasteiger partial charge in [-0.15, -0.1) is 0 Å². The molecule has 0 aromatic carbocycles. The average molecular weight is 212 g/mol. The standard InChI is InChI=1S/C14H28O/c1-4-6-7-8-10-14(9-5-2)11-13(3)12-15/h12-14H,4-11H2,1-3H3. The van der Waals surface area contributed by atoms with Crippen molar-refractivity contribution in [1.82, 2.24) is 0 Å². The van der Waals surface area contributed by atoms with Crippen molar-refractivity contribution in [2.75, 3.05) is 0 Å². The summed E-state index contributed by atoms with van der Waals surface area (Å²) >= 11 is 0. The normalized spacial score (nSPS) is 14.9. The molecule has 0 aliphatic rings. The topological polar surface area (TPSA) is 17.1 Å². The number of unbranched alkanes of at least 4 members (excludes halogenated alkanes) is 3. The van der Waals surface area contributed by atoms with Crippen molar-refractivity contribution in [3.05, 3.63) is 0 Å². The lowest BCUT2D eigenvalue weighted by molar-refractivity contribution is -0.111. The molecular formula is C14H28O. The molecule has 0 aromatic rings. The molecule has 2 unspecified atom stereocenters. The second kappa shape index (κ2) is 10.2. The van der Waals surface area contributed by atoms with Gasteiger partial charge in [0, 0.05) is 5.92 Å². The first-order valence-corrected chi connectivity index (χ1v) is 6.69. The first kappa shape index (κ1) is 14.7. The third-order valence-corrected chi connectivity index (χ3v) is 3.10. The van der Waals surface area contributed by atoms with E-state index in [1.54, 1.807) is 0 Å². The third-order valence-electron chi connectivity index (χ3n) is 3.10. The zero-order valence-corrected chi connectivity index (χ0v) is 10.8. The Morgan fingerprint density at radius 1 is 1.00 bits per heavy atom. The Morgan fingerprint density at radius 3 is 2.27 bits per heavy atom. The fraction of sp³-hybridized carbons (Fsp3) is 0.929. The molecule has 0 amide bonds. The molecule has 0 saturated carbocycles. The smallest absolute Gasteiger partial charge is 0.122 e. The molecule has 0 radical (unpaired) electrons. The lowest BCUT2D eigenvalue weighted by Crippen LogP contribution is -2.07. The molecule has 1 heteroatoms. The van der Waals surface area contributed by atoms with Gasteiger partial charge in [-0.25, -0.2) is 0 Å². The fourth-order valence-corrected chi connectivity index (χ4v) is 2.23. The van der Waals surface area contributed by atoms with Gasteiger partial charge in [0.05, 0.1) is 0 Å². The molecule has 0 spiro atoms. The van der Waals surface area contributed by atoms with Gasteiger partial charge in [0.2, 0.25) is 0 Å². The second-order valence-corrected chi connectivity index (χ2v) is 4.85. The van der Waals surface area contributed by atoms with E-state index in [1.165, 1.54) is 44.9 Å². The number of hydrogen-bond acceptors (Lipinski definition) is 1. The van der Waals surface area contributed by atoms with Gasteiger partial charge in [0.1, 0.15) is 6.29 Å². The maximum Gasteiger partial charge on any atom is 0.122 e. The van der Waals surface area contributed by atoms with Crippen LogP contribution in [-0.4, -0.2) is 6.29 Å². The van der Waals surface area contributed by atoms with Crippen LogP contribution in [0.2, 0.25) is 0 Å². The van der Waals surface area contributed by atoms with E-state index < -0.39 is 0 Å². The van der Waals surface area contributed by atoms with E-state index in [1.807, 2.05) is 6.92 Å². The van der Waals surface area contributed by atoms with Crippen LogP contribution in [0.5, 0.6) is 0 Å². The molecule has 0 rings (SSSR count). The van der Waals surface area contributed by atoms with Gasteiger partial charge >= 0.3 is 0 Å². The minimum Gasteiger partial charge on any atom is -0.303 e. The van der Waals surface area contributed by atoms with Gasteiger partial charge in [-0.2, -0.15) is 0 Å². The Hall–Kier alpha value is -0.330. The molecule has 2 atom stereocenters. The monoisotopic (exact) mass is 212 g/mol. The number of carbonyl (C=O) groups is 1. The highest BCUT2D eigenvalue weighted by Crippen LogP contribution is 2.22. The number of hydrogen-bond donors (Lipinski definition) is 0. The van der Waals surface area contributed by atoms with Crippen LogP contribution in [0.25, 0.3) is 0 Å². The summed E-state index contributed by atoms with van der Waals surface area (Å²) in [6.45, 7) is 6.53. The number of rotatable bonds is 10. The molecule has 0 fully saturated rings. The van der Waals surface area contributed by atoms with Gasteiger partial charge in [0.25, 0.3) is 0 Å². The SMILES string of the molecule is CCCCCCC(CCC)CC(C)C=O. The molecule has 0 aromatic heterocycles. The van der Waals surface area contributed by atoms with Gasteiger partial charge < -0.3 is 4.79 Å². The van der Waals surface area contributed by atoms with E-state index in [-0.39, 0.29) is 5.92 Å². The van der Waals surface area contributed by atoms with Gasteiger partial charge in [-0.1, -0.05) is 65.7 Å². The summed E-state index contributed by atoms with van der Waals surface area (Å²) in [5.74, 6) is 1.04. The van der Waals surface area contributed by atoms with Crippen LogP contribution in [0.3, 0.4) is 0 Å². The summed E-state index contributed by atoms with van der Waals surface area (Å²) < 4.78 is 0. The highest BCUT2D eigenvalue weighted by Gasteiger charge is 2.11. The minimum absolute atomic E-state index is 0.257. The average Bonchev–Trinajstić information content (AvgIpc) is 2.24. The zero-order chi connectivity index (χ0) is 11.5. The summed E-state index contributed by atoms with van der Waals surface area (Å²) in [5.41, 5.74) is 0. The molecule has 0 aliphatic carbocycles. The first-order chi connectivity index (χ1) is 7.24. The van der Waals surface area contributed by atoms with Crippen LogP contribution in [0.1, 0.15) is 72.1 Å². The predicted octanol–water partition coefficient (Wildman–Crippen LogP) is 4.60. The first-order valence-electron chi connectivity index (χ1n) is 6.69. The van der Waals surface area contributed by atoms with Gasteiger partial charge in [0.15, 0.2) is 0 Å². The zero-order valence-electron chi connectivity index (χ0n) is 10.8. The Kier molecular flexibility index (Phi) is 9.97. The molecule has 1 nitrogen and oxygen atoms in total. The molecule has 0 heterocycles. The highest BCUT2D eigenvalue weighted by atomic mass is 16.1. The van der Waals surface area contributed by atoms with Crippen molar-refractivity contribution in [3.63, 3.8) is 0 Å². The van der Waals surface area contributed by atoms with Gasteiger partial charge in [-0.3, -0.25) is 0 Å². The fourth-order valence-electron chi connectivity index (χ4n) is 2.23. The molecule has 15 heavy (non-hydrogen) atoms. The molecular weight excluding hydrogens is 184 g/mol. The van der Waals surface area contributed by atoms with Crippen LogP contribution in [-0.2, 0) is 4.79 Å². The quantitative estimate of drug-likeness (QED) is 0.382. The molecule has 0 N–H and O–H groups in total. The van der Waals surface area contributed by atoms with E-state index in [2.05, 4.69) is 13.8 Å². The van der Waals surface area contributed by atoms with E-state index in [0.29, 0.717) is 0 Å². The van der Waals surface area contributed by atoms with Crippen molar-refractivity contribution in [3.8, 4) is 0 Å². The van der Waals surface area contributed by atoms with Crippen LogP contribution < -0.4 is 0 Å². The van der Waals surface area contributed by atoms with Crippen LogP contribution in [0, 0.1) is 11.8 Å². The predicted molar refractivity (Wildman–Crippen MR) is 67.0 cm³/mol. The summed E-state index contributed by atoms with van der Waals surface area (Å²) in [4.78, 5) is 10.6. The van der Waals surface area contributed by atoms with Crippen molar-refractivity contribution in [2.24, 2.45) is 11.8 Å². The van der Waals surface area contributed by atoms with E-state index >= 15 is 0 Å². The van der Waals surface area contributed by atoms with Crippen molar-refractivity contribution in [2.45, 2.75) is 72.1 Å². The van der Waals surface area contributed by atoms with Crippen LogP contribution in [0.4, 0.5) is 0 Å². The van der Waals surface area contributed by atoms with E-state index in [9.17, 15) is 4.79 Å². The Labute approximate surface area is 95.6 Å². The Balaban J connectivity index is 3.67. The third kappa shape index (κ3) is 8.65. The van der Waals surface area contributed by atoms with Crippen LogP contribution in [0.15, 0.2) is 0 Å². The minimum atomic E-state index is 0.257. The lowest BCUT2D eigenvalue weighted by Gasteiger charge is -2.17. The lowest BCUT2D eigenvalue weighted by atomic mass is 9.88. The summed E-state index contributed by atoms with van der Waals surface area (Å²) in [5, 5.41) is 0.